The molecule has 1 amide bonds. The molecule has 30 heavy (non-hydrogen) atoms. The molecule has 0 radical (unpaired) electrons. The number of carbonyl (C=O) groups is 1. The molecule has 0 bridgehead atoms. The van der Waals surface area contributed by atoms with Gasteiger partial charge in [-0.2, -0.15) is 13.2 Å². The Labute approximate surface area is 178 Å². The highest BCUT2D eigenvalue weighted by molar-refractivity contribution is 6.30. The van der Waals surface area contributed by atoms with E-state index in [-0.39, 0.29) is 5.69 Å². The van der Waals surface area contributed by atoms with Gasteiger partial charge in [-0.05, 0) is 48.5 Å². The predicted molar refractivity (Wildman–Crippen MR) is 112 cm³/mol. The van der Waals surface area contributed by atoms with Crippen LogP contribution in [0.3, 0.4) is 0 Å². The number of nitrogens with zero attached hydrogens (tertiary/aromatic N) is 1. The van der Waals surface area contributed by atoms with Crippen molar-refractivity contribution in [3.63, 3.8) is 0 Å². The number of halogens is 4. The first-order valence-corrected chi connectivity index (χ1v) is 9.59. The summed E-state index contributed by atoms with van der Waals surface area (Å²) in [5.41, 5.74) is 0.967. The average Bonchev–Trinajstić information content (AvgIpc) is 2.70. The first-order valence-electron chi connectivity index (χ1n) is 9.22. The maximum Gasteiger partial charge on any atom is 0.416 e. The van der Waals surface area contributed by atoms with E-state index in [1.807, 2.05) is 47.4 Å². The van der Waals surface area contributed by atoms with Crippen molar-refractivity contribution >= 4 is 23.2 Å². The van der Waals surface area contributed by atoms with Crippen molar-refractivity contribution in [1.82, 2.24) is 4.90 Å². The van der Waals surface area contributed by atoms with Gasteiger partial charge in [0.15, 0.2) is 0 Å². The van der Waals surface area contributed by atoms with Crippen LogP contribution in [-0.2, 0) is 17.5 Å². The van der Waals surface area contributed by atoms with Crippen LogP contribution in [0.5, 0.6) is 0 Å². The Bertz CT molecular complexity index is 991. The standard InChI is InChI=1S/C23H20ClF3N2O/c1-29(15-16-10-12-19(24)13-11-16)21(17-6-3-2-4-7-17)22(30)28-20-9-5-8-18(14-20)23(25,26)27/h2-14,21H,15H2,1H3,(H,28,30)/t21-/m0/s1. The van der Waals surface area contributed by atoms with E-state index in [0.717, 1.165) is 23.3 Å². The molecule has 0 aliphatic carbocycles. The molecule has 1 N–H and O–H groups in total. The van der Waals surface area contributed by atoms with E-state index in [0.29, 0.717) is 11.6 Å². The summed E-state index contributed by atoms with van der Waals surface area (Å²) < 4.78 is 39.0. The molecular weight excluding hydrogens is 413 g/mol. The Morgan fingerprint density at radius 3 is 2.30 bits per heavy atom. The molecule has 0 fully saturated rings. The lowest BCUT2D eigenvalue weighted by Crippen LogP contribution is -2.34. The third-order valence-corrected chi connectivity index (χ3v) is 4.86. The largest absolute Gasteiger partial charge is 0.416 e. The number of hydrogen-bond donors (Lipinski definition) is 1. The zero-order valence-corrected chi connectivity index (χ0v) is 16.9. The van der Waals surface area contributed by atoms with Crippen molar-refractivity contribution < 1.29 is 18.0 Å². The van der Waals surface area contributed by atoms with Gasteiger partial charge in [-0.15, -0.1) is 0 Å². The molecule has 0 aliphatic heterocycles. The van der Waals surface area contributed by atoms with Crippen molar-refractivity contribution in [3.05, 3.63) is 101 Å². The van der Waals surface area contributed by atoms with Crippen LogP contribution in [0.15, 0.2) is 78.9 Å². The van der Waals surface area contributed by atoms with Gasteiger partial charge in [0.05, 0.1) is 5.56 Å². The molecule has 0 spiro atoms. The number of benzene rings is 3. The minimum Gasteiger partial charge on any atom is -0.324 e. The number of carbonyl (C=O) groups excluding carboxylic acids is 1. The molecule has 0 aliphatic rings. The monoisotopic (exact) mass is 432 g/mol. The number of rotatable bonds is 6. The molecule has 3 nitrogen and oxygen atoms in total. The summed E-state index contributed by atoms with van der Waals surface area (Å²) >= 11 is 5.93. The summed E-state index contributed by atoms with van der Waals surface area (Å²) in [6, 6.07) is 20.3. The van der Waals surface area contributed by atoms with Crippen LogP contribution < -0.4 is 5.32 Å². The van der Waals surface area contributed by atoms with E-state index in [1.165, 1.54) is 12.1 Å². The maximum atomic E-state index is 13.1. The molecule has 0 aromatic heterocycles. The molecule has 0 saturated heterocycles. The van der Waals surface area contributed by atoms with Gasteiger partial charge < -0.3 is 5.32 Å². The first-order chi connectivity index (χ1) is 14.2. The van der Waals surface area contributed by atoms with Crippen LogP contribution in [0.2, 0.25) is 5.02 Å². The van der Waals surface area contributed by atoms with Crippen LogP contribution in [-0.4, -0.2) is 17.9 Å². The molecule has 1 atom stereocenters. The van der Waals surface area contributed by atoms with Crippen LogP contribution in [0.25, 0.3) is 0 Å². The second kappa shape index (κ2) is 9.32. The molecule has 0 unspecified atom stereocenters. The lowest BCUT2D eigenvalue weighted by atomic mass is 10.0. The average molecular weight is 433 g/mol. The van der Waals surface area contributed by atoms with Crippen molar-refractivity contribution in [2.24, 2.45) is 0 Å². The maximum absolute atomic E-state index is 13.1. The van der Waals surface area contributed by atoms with Crippen molar-refractivity contribution in [1.29, 1.82) is 0 Å². The SMILES string of the molecule is CN(Cc1ccc(Cl)cc1)[C@H](C(=O)Nc1cccc(C(F)(F)F)c1)c1ccccc1. The normalized spacial score (nSPS) is 12.6. The van der Waals surface area contributed by atoms with Crippen LogP contribution >= 0.6 is 11.6 Å². The molecular formula is C23H20ClF3N2O. The molecule has 3 rings (SSSR count). The predicted octanol–water partition coefficient (Wildman–Crippen LogP) is 6.17. The third-order valence-electron chi connectivity index (χ3n) is 4.61. The van der Waals surface area contributed by atoms with Crippen molar-refractivity contribution in [3.8, 4) is 0 Å². The van der Waals surface area contributed by atoms with E-state index in [4.69, 9.17) is 11.6 Å². The lowest BCUT2D eigenvalue weighted by molar-refractivity contribution is -0.137. The van der Waals surface area contributed by atoms with E-state index < -0.39 is 23.7 Å². The first kappa shape index (κ1) is 21.9. The highest BCUT2D eigenvalue weighted by atomic mass is 35.5. The number of likely N-dealkylation sites (N-methyl/N-ethyl adjacent to an activating group) is 1. The molecule has 3 aromatic rings. The molecule has 3 aromatic carbocycles. The van der Waals surface area contributed by atoms with Gasteiger partial charge in [-0.1, -0.05) is 60.1 Å². The highest BCUT2D eigenvalue weighted by Gasteiger charge is 2.31. The number of nitrogens with one attached hydrogen (secondary N) is 1. The Hall–Kier alpha value is -2.83. The number of anilines is 1. The van der Waals surface area contributed by atoms with Gasteiger partial charge in [0.1, 0.15) is 6.04 Å². The smallest absolute Gasteiger partial charge is 0.324 e. The summed E-state index contributed by atoms with van der Waals surface area (Å²) in [7, 11) is 1.79. The summed E-state index contributed by atoms with van der Waals surface area (Å²) in [6.07, 6.45) is -4.48. The highest BCUT2D eigenvalue weighted by Crippen LogP contribution is 2.31. The van der Waals surface area contributed by atoms with Gasteiger partial charge in [-0.3, -0.25) is 9.69 Å². The Kier molecular flexibility index (Phi) is 6.80. The van der Waals surface area contributed by atoms with Gasteiger partial charge in [0.25, 0.3) is 0 Å². The Morgan fingerprint density at radius 1 is 1.00 bits per heavy atom. The fraction of sp³-hybridized carbons (Fsp3) is 0.174. The fourth-order valence-corrected chi connectivity index (χ4v) is 3.32. The minimum absolute atomic E-state index is 0.0932. The molecule has 0 saturated carbocycles. The lowest BCUT2D eigenvalue weighted by Gasteiger charge is -2.28. The van der Waals surface area contributed by atoms with Gasteiger partial charge in [0, 0.05) is 17.3 Å². The van der Waals surface area contributed by atoms with E-state index >= 15 is 0 Å². The minimum atomic E-state index is -4.48. The second-order valence-corrected chi connectivity index (χ2v) is 7.36. The summed E-state index contributed by atoms with van der Waals surface area (Å²) in [5, 5.41) is 3.24. The van der Waals surface area contributed by atoms with Crippen molar-refractivity contribution in [2.45, 2.75) is 18.8 Å². The summed E-state index contributed by atoms with van der Waals surface area (Å²) in [6.45, 7) is 0.451. The second-order valence-electron chi connectivity index (χ2n) is 6.92. The van der Waals surface area contributed by atoms with Crippen LogP contribution in [0.4, 0.5) is 18.9 Å². The molecule has 0 heterocycles. The quantitative estimate of drug-likeness (QED) is 0.505. The number of amides is 1. The van der Waals surface area contributed by atoms with E-state index in [2.05, 4.69) is 5.32 Å². The molecule has 156 valence electrons. The van der Waals surface area contributed by atoms with E-state index in [1.54, 1.807) is 19.2 Å². The Morgan fingerprint density at radius 2 is 1.67 bits per heavy atom. The van der Waals surface area contributed by atoms with Crippen LogP contribution in [0.1, 0.15) is 22.7 Å². The third kappa shape index (κ3) is 5.62. The fourth-order valence-electron chi connectivity index (χ4n) is 3.19. The summed E-state index contributed by atoms with van der Waals surface area (Å²) in [5.74, 6) is -0.419. The van der Waals surface area contributed by atoms with Gasteiger partial charge in [0.2, 0.25) is 5.91 Å². The zero-order valence-electron chi connectivity index (χ0n) is 16.2. The van der Waals surface area contributed by atoms with Crippen molar-refractivity contribution in [2.75, 3.05) is 12.4 Å². The number of alkyl halides is 3. The topological polar surface area (TPSA) is 32.3 Å². The van der Waals surface area contributed by atoms with E-state index in [9.17, 15) is 18.0 Å². The Balaban J connectivity index is 1.85. The summed E-state index contributed by atoms with van der Waals surface area (Å²) in [4.78, 5) is 14.9. The van der Waals surface area contributed by atoms with Gasteiger partial charge >= 0.3 is 6.18 Å². The number of hydrogen-bond acceptors (Lipinski definition) is 2. The molecule has 7 heteroatoms. The zero-order chi connectivity index (χ0) is 21.7. The van der Waals surface area contributed by atoms with Crippen LogP contribution in [0, 0.1) is 0 Å². The van der Waals surface area contributed by atoms with Gasteiger partial charge in [-0.25, -0.2) is 0 Å².